The molecular weight excluding hydrogens is 1080 g/mol. The molecule has 20 heteroatoms. The van der Waals surface area contributed by atoms with E-state index in [0.29, 0.717) is 76.9 Å². The molecule has 78 heavy (non-hydrogen) atoms. The Labute approximate surface area is 473 Å². The monoisotopic (exact) mass is 1140 g/mol. The van der Waals surface area contributed by atoms with Crippen molar-refractivity contribution in [3.05, 3.63) is 173 Å². The molecule has 3 aromatic carbocycles. The van der Waals surface area contributed by atoms with Crippen molar-refractivity contribution in [1.29, 1.82) is 0 Å². The van der Waals surface area contributed by atoms with Gasteiger partial charge >= 0.3 is 23.9 Å². The van der Waals surface area contributed by atoms with Gasteiger partial charge in [0.2, 0.25) is 0 Å². The number of carbonyl (C=O) groups excluding carboxylic acids is 3. The highest BCUT2D eigenvalue weighted by atomic mass is 35.5. The second-order valence-corrected chi connectivity index (χ2v) is 22.6. The lowest BCUT2D eigenvalue weighted by atomic mass is 9.97. The Morgan fingerprint density at radius 1 is 0.692 bits per heavy atom. The molecule has 2 unspecified atom stereocenters. The number of aromatic nitrogens is 1. The van der Waals surface area contributed by atoms with E-state index >= 15 is 0 Å². The predicted molar refractivity (Wildman–Crippen MR) is 302 cm³/mol. The summed E-state index contributed by atoms with van der Waals surface area (Å²) < 4.78 is 28.9. The fraction of sp³-hybridized carbons (Fsp3) is 0.397. The fourth-order valence-electron chi connectivity index (χ4n) is 9.14. The molecule has 2 aliphatic rings. The number of piperidine rings is 2. The number of nitrogens with one attached hydrogen (secondary N) is 2. The van der Waals surface area contributed by atoms with E-state index in [1.165, 1.54) is 49.3 Å². The van der Waals surface area contributed by atoms with Gasteiger partial charge in [0.25, 0.3) is 0 Å². The number of pyridine rings is 1. The zero-order valence-electron chi connectivity index (χ0n) is 44.2. The van der Waals surface area contributed by atoms with E-state index in [4.69, 9.17) is 52.0 Å². The average molecular weight is 1150 g/mol. The summed E-state index contributed by atoms with van der Waals surface area (Å²) in [6.07, 6.45) is 5.81. The Bertz CT molecular complexity index is 2870. The Morgan fingerprint density at radius 2 is 1.23 bits per heavy atom. The van der Waals surface area contributed by atoms with Crippen LogP contribution in [0.2, 0.25) is 10.0 Å². The number of nitrogens with zero attached hydrogens (tertiary/aromatic N) is 3. The minimum Gasteiger partial charge on any atom is -0.619 e. The van der Waals surface area contributed by atoms with E-state index in [9.17, 15) is 24.4 Å². The number of hydrogen-bond donors (Lipinski definition) is 3. The molecule has 0 spiro atoms. The first-order valence-corrected chi connectivity index (χ1v) is 28.2. The molecule has 6 aromatic rings. The van der Waals surface area contributed by atoms with E-state index in [-0.39, 0.29) is 33.3 Å². The van der Waals surface area contributed by atoms with Crippen LogP contribution in [0.4, 0.5) is 0 Å². The highest BCUT2D eigenvalue weighted by molar-refractivity contribution is 7.14. The van der Waals surface area contributed by atoms with Crippen molar-refractivity contribution in [2.24, 2.45) is 11.8 Å². The summed E-state index contributed by atoms with van der Waals surface area (Å²) in [5, 5.41) is 27.8. The van der Waals surface area contributed by atoms with Crippen LogP contribution >= 0.6 is 45.9 Å². The lowest BCUT2D eigenvalue weighted by Crippen LogP contribution is -2.34. The van der Waals surface area contributed by atoms with Crippen molar-refractivity contribution in [1.82, 2.24) is 20.4 Å². The fourth-order valence-corrected chi connectivity index (χ4v) is 11.4. The van der Waals surface area contributed by atoms with Crippen molar-refractivity contribution in [3.63, 3.8) is 0 Å². The first kappa shape index (κ1) is 59.6. The zero-order chi connectivity index (χ0) is 55.6. The summed E-state index contributed by atoms with van der Waals surface area (Å²) >= 11 is 15.3. The highest BCUT2D eigenvalue weighted by Gasteiger charge is 2.28. The van der Waals surface area contributed by atoms with Gasteiger partial charge in [-0.05, 0) is 131 Å². The number of halogens is 2. The largest absolute Gasteiger partial charge is 0.619 e. The molecule has 0 radical (unpaired) electrons. The number of thiophene rings is 2. The van der Waals surface area contributed by atoms with Crippen LogP contribution in [-0.4, -0.2) is 113 Å². The first-order chi connectivity index (χ1) is 37.7. The van der Waals surface area contributed by atoms with Crippen LogP contribution in [-0.2, 0) is 43.3 Å². The zero-order valence-corrected chi connectivity index (χ0v) is 47.3. The maximum absolute atomic E-state index is 13.5. The van der Waals surface area contributed by atoms with Gasteiger partial charge in [0, 0.05) is 41.4 Å². The van der Waals surface area contributed by atoms with Gasteiger partial charge in [0.05, 0.1) is 33.4 Å². The van der Waals surface area contributed by atoms with Crippen LogP contribution in [0.25, 0.3) is 0 Å². The standard InChI is InChI=1S/C37H41Cl2N3O7S.C21H26N2O4S/c1-41-15-13-24(14-16-41)23-48-36(43)29(25-7-5-4-6-8-25)20-40-19-27-10-12-35(50-27)37(44)49-33(18-28-30(38)21-42(45)22-31(28)39)26-9-11-32(46-2)34(17-26)47-3;1-23-11-9-15(10-12-23)14-27-21(26)19(16-5-3-2-4-6-16)22-13-17-7-8-18(28-17)20(24)25/h4-12,17,21-22,24,29,33,40H,13-16,18-20,23H2,1-3H3;2-8,15,19,22H,9-14H2,1H3,(H,24,25)/t29?,33-;/m0./s1. The van der Waals surface area contributed by atoms with Crippen molar-refractivity contribution < 1.29 is 52.7 Å². The van der Waals surface area contributed by atoms with E-state index in [2.05, 4.69) is 34.5 Å². The van der Waals surface area contributed by atoms with Crippen LogP contribution in [0, 0.1) is 17.0 Å². The molecule has 2 fully saturated rings. The first-order valence-electron chi connectivity index (χ1n) is 25.8. The number of aromatic carboxylic acids is 1. The average Bonchev–Trinajstić information content (AvgIpc) is 4.15. The Morgan fingerprint density at radius 3 is 1.79 bits per heavy atom. The van der Waals surface area contributed by atoms with Crippen LogP contribution in [0.1, 0.15) is 95.1 Å². The van der Waals surface area contributed by atoms with Crippen LogP contribution in [0.15, 0.2) is 116 Å². The topological polar surface area (TPSA) is 192 Å². The maximum Gasteiger partial charge on any atom is 0.348 e. The summed E-state index contributed by atoms with van der Waals surface area (Å²) in [5.41, 5.74) is 2.80. The second kappa shape index (κ2) is 29.8. The summed E-state index contributed by atoms with van der Waals surface area (Å²) in [7, 11) is 7.27. The van der Waals surface area contributed by atoms with Crippen LogP contribution < -0.4 is 24.8 Å². The SMILES string of the molecule is CN1CCC(COC(=O)C(NCc2ccc(C(=O)O)s2)c2ccccc2)CC1.COc1ccc([C@H](Cc2c(Cl)c[n+]([O-])cc2Cl)OC(=O)c2ccc(CNCC(C(=O)OCC3CCN(C)CC3)c3ccccc3)s2)cc1OC. The van der Waals surface area contributed by atoms with E-state index in [0.717, 1.165) is 72.7 Å². The highest BCUT2D eigenvalue weighted by Crippen LogP contribution is 2.36. The summed E-state index contributed by atoms with van der Waals surface area (Å²) in [5.74, 6) is -0.729. The van der Waals surface area contributed by atoms with Gasteiger partial charge in [-0.25, -0.2) is 14.4 Å². The molecule has 3 aromatic heterocycles. The number of hydrogen-bond acceptors (Lipinski definition) is 16. The summed E-state index contributed by atoms with van der Waals surface area (Å²) in [4.78, 5) is 57.7. The number of likely N-dealkylation sites (tertiary alicyclic amines) is 2. The van der Waals surface area contributed by atoms with E-state index in [1.807, 2.05) is 66.7 Å². The molecule has 3 atom stereocenters. The number of rotatable bonds is 23. The third-order valence-electron chi connectivity index (χ3n) is 13.8. The van der Waals surface area contributed by atoms with Crippen molar-refractivity contribution in [2.45, 2.75) is 63.3 Å². The van der Waals surface area contributed by atoms with Gasteiger partial charge in [-0.15, -0.1) is 22.7 Å². The molecular formula is C58H67Cl2N5O11S2. The summed E-state index contributed by atoms with van der Waals surface area (Å²) in [6, 6.07) is 30.6. The number of ether oxygens (including phenoxy) is 5. The van der Waals surface area contributed by atoms with Crippen molar-refractivity contribution in [2.75, 3.05) is 74.3 Å². The second-order valence-electron chi connectivity index (χ2n) is 19.4. The third-order valence-corrected chi connectivity index (χ3v) is 16.6. The lowest BCUT2D eigenvalue weighted by Gasteiger charge is -2.29. The minimum absolute atomic E-state index is 0.105. The van der Waals surface area contributed by atoms with Gasteiger partial charge in [0.15, 0.2) is 23.9 Å². The number of carboxylic acid groups (broad SMARTS) is 1. The quantitative estimate of drug-likeness (QED) is 0.0238. The predicted octanol–water partition coefficient (Wildman–Crippen LogP) is 9.77. The Hall–Kier alpha value is -6.09. The van der Waals surface area contributed by atoms with Gasteiger partial charge in [-0.3, -0.25) is 10.1 Å². The summed E-state index contributed by atoms with van der Waals surface area (Å²) in [6.45, 7) is 6.18. The van der Waals surface area contributed by atoms with Gasteiger partial charge in [0.1, 0.15) is 31.9 Å². The number of esters is 3. The van der Waals surface area contributed by atoms with Crippen LogP contribution in [0.5, 0.6) is 11.5 Å². The number of carboxylic acids is 1. The molecule has 16 nitrogen and oxygen atoms in total. The van der Waals surface area contributed by atoms with Crippen molar-refractivity contribution in [3.8, 4) is 11.5 Å². The maximum atomic E-state index is 13.5. The van der Waals surface area contributed by atoms with E-state index in [1.54, 1.807) is 36.4 Å². The number of carbonyl (C=O) groups is 4. The third kappa shape index (κ3) is 17.5. The van der Waals surface area contributed by atoms with Gasteiger partial charge < -0.3 is 49.1 Å². The Kier molecular flexibility index (Phi) is 22.7. The normalized spacial score (nSPS) is 15.5. The van der Waals surface area contributed by atoms with Gasteiger partial charge in [-0.1, -0.05) is 89.9 Å². The molecule has 8 rings (SSSR count). The van der Waals surface area contributed by atoms with E-state index < -0.39 is 30.0 Å². The van der Waals surface area contributed by atoms with Gasteiger partial charge in [-0.2, -0.15) is 4.73 Å². The number of methoxy groups -OCH3 is 2. The molecule has 416 valence electrons. The molecule has 0 saturated carbocycles. The van der Waals surface area contributed by atoms with Crippen LogP contribution in [0.3, 0.4) is 0 Å². The minimum atomic E-state index is -0.937. The molecule has 0 aliphatic carbocycles. The molecule has 2 aliphatic heterocycles. The van der Waals surface area contributed by atoms with Crippen molar-refractivity contribution >= 4 is 69.8 Å². The molecule has 2 saturated heterocycles. The smallest absolute Gasteiger partial charge is 0.348 e. The molecule has 0 amide bonds. The molecule has 5 heterocycles. The molecule has 0 bridgehead atoms. The lowest BCUT2D eigenvalue weighted by molar-refractivity contribution is -0.605. The Balaban J connectivity index is 0.000000265. The molecule has 3 N–H and O–H groups in total. The number of benzene rings is 3.